The van der Waals surface area contributed by atoms with Crippen LogP contribution >= 0.6 is 11.3 Å². The van der Waals surface area contributed by atoms with Crippen molar-refractivity contribution in [3.8, 4) is 10.6 Å². The normalized spacial score (nSPS) is 11.0. The maximum atomic E-state index is 12.1. The van der Waals surface area contributed by atoms with Crippen LogP contribution in [0.2, 0.25) is 0 Å². The molecule has 2 N–H and O–H groups in total. The molecule has 0 saturated carbocycles. The highest BCUT2D eigenvalue weighted by molar-refractivity contribution is 7.13. The fourth-order valence-electron chi connectivity index (χ4n) is 2.76. The number of aryl methyl sites for hydroxylation is 1. The highest BCUT2D eigenvalue weighted by Gasteiger charge is 2.08. The molecule has 7 nitrogen and oxygen atoms in total. The van der Waals surface area contributed by atoms with Crippen molar-refractivity contribution in [2.24, 2.45) is 0 Å². The molecule has 0 aliphatic heterocycles. The summed E-state index contributed by atoms with van der Waals surface area (Å²) in [7, 11) is 0. The van der Waals surface area contributed by atoms with Crippen molar-refractivity contribution in [2.45, 2.75) is 19.4 Å². The largest absolute Gasteiger partial charge is 0.324 e. The molecule has 136 valence electrons. The van der Waals surface area contributed by atoms with E-state index in [0.717, 1.165) is 21.6 Å². The summed E-state index contributed by atoms with van der Waals surface area (Å²) in [4.78, 5) is 32.5. The Balaban J connectivity index is 1.36. The SMILES string of the molecule is O=C(CCCn1nc(-c2cccs2)ccc1=O)Nc1nc2ccccc2[nH]1. The van der Waals surface area contributed by atoms with E-state index in [2.05, 4.69) is 20.4 Å². The second-order valence-electron chi connectivity index (χ2n) is 6.01. The summed E-state index contributed by atoms with van der Waals surface area (Å²) in [6, 6.07) is 14.7. The van der Waals surface area contributed by atoms with Gasteiger partial charge in [0.15, 0.2) is 0 Å². The van der Waals surface area contributed by atoms with Gasteiger partial charge in [0.2, 0.25) is 11.9 Å². The van der Waals surface area contributed by atoms with Gasteiger partial charge in [0.25, 0.3) is 5.56 Å². The molecule has 0 spiro atoms. The van der Waals surface area contributed by atoms with Crippen LogP contribution in [0.5, 0.6) is 0 Å². The molecule has 4 rings (SSSR count). The summed E-state index contributed by atoms with van der Waals surface area (Å²) in [5.41, 5.74) is 2.26. The number of H-pyrrole nitrogens is 1. The van der Waals surface area contributed by atoms with Crippen LogP contribution in [0.4, 0.5) is 5.95 Å². The maximum absolute atomic E-state index is 12.1. The van der Waals surface area contributed by atoms with E-state index >= 15 is 0 Å². The number of nitrogens with one attached hydrogen (secondary N) is 2. The summed E-state index contributed by atoms with van der Waals surface area (Å²) in [6.07, 6.45) is 0.779. The molecule has 0 saturated heterocycles. The Morgan fingerprint density at radius 2 is 2.04 bits per heavy atom. The number of carbonyl (C=O) groups is 1. The minimum absolute atomic E-state index is 0.156. The Morgan fingerprint density at radius 3 is 2.85 bits per heavy atom. The van der Waals surface area contributed by atoms with Gasteiger partial charge in [-0.3, -0.25) is 14.9 Å². The molecule has 27 heavy (non-hydrogen) atoms. The molecule has 3 aromatic heterocycles. The van der Waals surface area contributed by atoms with E-state index in [0.29, 0.717) is 18.9 Å². The van der Waals surface area contributed by atoms with Crippen molar-refractivity contribution in [2.75, 3.05) is 5.32 Å². The van der Waals surface area contributed by atoms with Gasteiger partial charge in [-0.25, -0.2) is 9.67 Å². The maximum Gasteiger partial charge on any atom is 0.266 e. The number of thiophene rings is 1. The first-order chi connectivity index (χ1) is 13.2. The van der Waals surface area contributed by atoms with E-state index in [4.69, 9.17) is 0 Å². The first-order valence-corrected chi connectivity index (χ1v) is 9.44. The molecular formula is C19H17N5O2S. The first-order valence-electron chi connectivity index (χ1n) is 8.56. The number of carbonyl (C=O) groups excluding carboxylic acids is 1. The number of nitrogens with zero attached hydrogens (tertiary/aromatic N) is 3. The topological polar surface area (TPSA) is 92.7 Å². The fraction of sp³-hybridized carbons (Fsp3) is 0.158. The summed E-state index contributed by atoms with van der Waals surface area (Å²) in [5, 5.41) is 9.11. The minimum atomic E-state index is -0.173. The lowest BCUT2D eigenvalue weighted by molar-refractivity contribution is -0.116. The van der Waals surface area contributed by atoms with Crippen LogP contribution in [0.1, 0.15) is 12.8 Å². The number of imidazole rings is 1. The summed E-state index contributed by atoms with van der Waals surface area (Å²) >= 11 is 1.57. The third-order valence-electron chi connectivity index (χ3n) is 4.06. The van der Waals surface area contributed by atoms with E-state index in [1.807, 2.05) is 41.8 Å². The van der Waals surface area contributed by atoms with Crippen molar-refractivity contribution >= 4 is 34.2 Å². The van der Waals surface area contributed by atoms with E-state index in [1.165, 1.54) is 10.7 Å². The van der Waals surface area contributed by atoms with Gasteiger partial charge in [-0.05, 0) is 36.1 Å². The van der Waals surface area contributed by atoms with Gasteiger partial charge in [-0.2, -0.15) is 5.10 Å². The molecule has 4 aromatic rings. The van der Waals surface area contributed by atoms with E-state index < -0.39 is 0 Å². The molecule has 0 atom stereocenters. The monoisotopic (exact) mass is 379 g/mol. The van der Waals surface area contributed by atoms with Crippen LogP contribution < -0.4 is 10.9 Å². The number of amides is 1. The fourth-order valence-corrected chi connectivity index (χ4v) is 3.45. The zero-order valence-corrected chi connectivity index (χ0v) is 15.2. The zero-order chi connectivity index (χ0) is 18.6. The predicted molar refractivity (Wildman–Crippen MR) is 106 cm³/mol. The van der Waals surface area contributed by atoms with Crippen LogP contribution in [-0.4, -0.2) is 25.7 Å². The smallest absolute Gasteiger partial charge is 0.266 e. The molecule has 1 amide bonds. The van der Waals surface area contributed by atoms with Gasteiger partial charge >= 0.3 is 0 Å². The molecular weight excluding hydrogens is 362 g/mol. The third-order valence-corrected chi connectivity index (χ3v) is 4.95. The molecule has 8 heteroatoms. The summed E-state index contributed by atoms with van der Waals surface area (Å²) in [6.45, 7) is 0.381. The lowest BCUT2D eigenvalue weighted by atomic mass is 10.3. The highest BCUT2D eigenvalue weighted by Crippen LogP contribution is 2.21. The molecule has 0 aliphatic carbocycles. The van der Waals surface area contributed by atoms with Gasteiger partial charge in [-0.1, -0.05) is 18.2 Å². The van der Waals surface area contributed by atoms with Crippen molar-refractivity contribution in [1.29, 1.82) is 0 Å². The summed E-state index contributed by atoms with van der Waals surface area (Å²) < 4.78 is 1.41. The number of hydrogen-bond acceptors (Lipinski definition) is 5. The minimum Gasteiger partial charge on any atom is -0.324 e. The molecule has 0 radical (unpaired) electrons. The lowest BCUT2D eigenvalue weighted by Gasteiger charge is -2.06. The predicted octanol–water partition coefficient (Wildman–Crippen LogP) is 3.27. The van der Waals surface area contributed by atoms with Crippen molar-refractivity contribution < 1.29 is 4.79 Å². The average molecular weight is 379 g/mol. The number of para-hydroxylation sites is 2. The average Bonchev–Trinajstić information content (AvgIpc) is 3.32. The molecule has 0 unspecified atom stereocenters. The number of benzene rings is 1. The second-order valence-corrected chi connectivity index (χ2v) is 6.96. The molecule has 0 aliphatic rings. The number of aromatic amines is 1. The molecule has 0 fully saturated rings. The first kappa shape index (κ1) is 17.2. The Labute approximate surface area is 158 Å². The van der Waals surface area contributed by atoms with Crippen LogP contribution in [0.3, 0.4) is 0 Å². The quantitative estimate of drug-likeness (QED) is 0.538. The lowest BCUT2D eigenvalue weighted by Crippen LogP contribution is -2.23. The molecule has 0 bridgehead atoms. The Kier molecular flexibility index (Phi) is 4.80. The number of hydrogen-bond donors (Lipinski definition) is 2. The Bertz CT molecular complexity index is 1100. The second kappa shape index (κ2) is 7.55. The van der Waals surface area contributed by atoms with Gasteiger partial charge in [0.1, 0.15) is 5.69 Å². The van der Waals surface area contributed by atoms with Crippen molar-refractivity contribution in [3.05, 3.63) is 64.3 Å². The summed E-state index contributed by atoms with van der Waals surface area (Å²) in [5.74, 6) is 0.271. The number of fused-ring (bicyclic) bond motifs is 1. The van der Waals surface area contributed by atoms with Crippen LogP contribution in [-0.2, 0) is 11.3 Å². The van der Waals surface area contributed by atoms with Gasteiger partial charge in [-0.15, -0.1) is 11.3 Å². The van der Waals surface area contributed by atoms with Gasteiger partial charge in [0.05, 0.1) is 15.9 Å². The van der Waals surface area contributed by atoms with E-state index in [9.17, 15) is 9.59 Å². The van der Waals surface area contributed by atoms with Crippen LogP contribution in [0, 0.1) is 0 Å². The zero-order valence-electron chi connectivity index (χ0n) is 14.4. The Hall–Kier alpha value is -3.26. The van der Waals surface area contributed by atoms with Crippen molar-refractivity contribution in [3.63, 3.8) is 0 Å². The van der Waals surface area contributed by atoms with Gasteiger partial charge in [0, 0.05) is 19.0 Å². The van der Waals surface area contributed by atoms with Crippen LogP contribution in [0.15, 0.2) is 58.7 Å². The standard InChI is InChI=1S/C19H17N5O2S/c25-17(22-19-20-13-5-1-2-6-14(13)21-19)8-3-11-24-18(26)10-9-15(23-24)16-7-4-12-27-16/h1-2,4-7,9-10,12H,3,8,11H2,(H2,20,21,22,25). The van der Waals surface area contributed by atoms with E-state index in [-0.39, 0.29) is 17.9 Å². The van der Waals surface area contributed by atoms with Crippen LogP contribution in [0.25, 0.3) is 21.6 Å². The van der Waals surface area contributed by atoms with Crippen molar-refractivity contribution in [1.82, 2.24) is 19.7 Å². The van der Waals surface area contributed by atoms with Gasteiger partial charge < -0.3 is 4.98 Å². The highest BCUT2D eigenvalue weighted by atomic mass is 32.1. The molecule has 1 aromatic carbocycles. The Morgan fingerprint density at radius 1 is 1.15 bits per heavy atom. The third kappa shape index (κ3) is 3.95. The van der Waals surface area contributed by atoms with E-state index in [1.54, 1.807) is 17.4 Å². The number of aromatic nitrogens is 4. The number of anilines is 1. The number of rotatable bonds is 6. The molecule has 3 heterocycles.